The van der Waals surface area contributed by atoms with Gasteiger partial charge in [0.2, 0.25) is 0 Å². The van der Waals surface area contributed by atoms with Gasteiger partial charge in [0.15, 0.2) is 0 Å². The van der Waals surface area contributed by atoms with Crippen LogP contribution in [0.3, 0.4) is 0 Å². The van der Waals surface area contributed by atoms with E-state index < -0.39 is 0 Å². The van der Waals surface area contributed by atoms with Gasteiger partial charge in [0.05, 0.1) is 5.52 Å². The number of nitrogens with zero attached hydrogens (tertiary/aromatic N) is 6. The molecule has 2 heterocycles. The molecule has 0 atom stereocenters. The summed E-state index contributed by atoms with van der Waals surface area (Å²) in [4.78, 5) is 0. The van der Waals surface area contributed by atoms with E-state index in [0.29, 0.717) is 5.13 Å². The van der Waals surface area contributed by atoms with Crippen molar-refractivity contribution in [2.45, 2.75) is 0 Å². The summed E-state index contributed by atoms with van der Waals surface area (Å²) < 4.78 is 5.30. The van der Waals surface area contributed by atoms with Gasteiger partial charge in [0, 0.05) is 11.5 Å². The summed E-state index contributed by atoms with van der Waals surface area (Å²) in [6.07, 6.45) is 0. The van der Waals surface area contributed by atoms with Crippen LogP contribution in [0.4, 0.5) is 0 Å². The third kappa shape index (κ3) is 0.990. The lowest BCUT2D eigenvalue weighted by molar-refractivity contribution is 0.796. The zero-order chi connectivity index (χ0) is 9.38. The summed E-state index contributed by atoms with van der Waals surface area (Å²) in [7, 11) is 0. The zero-order valence-corrected chi connectivity index (χ0v) is 7.72. The van der Waals surface area contributed by atoms with E-state index in [-0.39, 0.29) is 0 Å². The molecular formula is C7H4N6S. The number of rotatable bonds is 1. The first-order valence-corrected chi connectivity index (χ1v) is 4.68. The van der Waals surface area contributed by atoms with Crippen LogP contribution in [0, 0.1) is 0 Å². The van der Waals surface area contributed by atoms with Crippen LogP contribution >= 0.6 is 11.5 Å². The van der Waals surface area contributed by atoms with Crippen LogP contribution < -0.4 is 0 Å². The maximum Gasteiger partial charge on any atom is 0.254 e. The van der Waals surface area contributed by atoms with E-state index in [4.69, 9.17) is 0 Å². The third-order valence-electron chi connectivity index (χ3n) is 1.82. The molecule has 0 bridgehead atoms. The van der Waals surface area contributed by atoms with Crippen molar-refractivity contribution in [3.8, 4) is 5.13 Å². The number of para-hydroxylation sites is 1. The second kappa shape index (κ2) is 2.81. The lowest BCUT2D eigenvalue weighted by Crippen LogP contribution is -1.95. The third-order valence-corrected chi connectivity index (χ3v) is 2.39. The second-order valence-electron chi connectivity index (χ2n) is 2.63. The molecule has 6 nitrogen and oxygen atoms in total. The molecule has 0 aliphatic rings. The number of hydrogen-bond donors (Lipinski definition) is 0. The van der Waals surface area contributed by atoms with E-state index >= 15 is 0 Å². The monoisotopic (exact) mass is 204 g/mol. The largest absolute Gasteiger partial charge is 0.254 e. The first kappa shape index (κ1) is 7.51. The summed E-state index contributed by atoms with van der Waals surface area (Å²) in [6, 6.07) is 7.67. The molecule has 0 N–H and O–H groups in total. The Morgan fingerprint density at radius 3 is 2.93 bits per heavy atom. The SMILES string of the molecule is c1ccc2c(c1)nnn2-c1nnns1. The van der Waals surface area contributed by atoms with Gasteiger partial charge in [0.1, 0.15) is 5.52 Å². The molecule has 14 heavy (non-hydrogen) atoms. The number of aromatic nitrogens is 6. The summed E-state index contributed by atoms with van der Waals surface area (Å²) in [6.45, 7) is 0. The maximum absolute atomic E-state index is 4.00. The minimum atomic E-state index is 0.624. The Labute approximate surface area is 82.3 Å². The molecule has 0 radical (unpaired) electrons. The summed E-state index contributed by atoms with van der Waals surface area (Å²) in [5, 5.41) is 15.9. The fourth-order valence-electron chi connectivity index (χ4n) is 1.22. The van der Waals surface area contributed by atoms with Crippen LogP contribution in [0.5, 0.6) is 0 Å². The van der Waals surface area contributed by atoms with E-state index in [9.17, 15) is 0 Å². The molecule has 0 aliphatic carbocycles. The highest BCUT2D eigenvalue weighted by Gasteiger charge is 2.08. The average molecular weight is 204 g/mol. The van der Waals surface area contributed by atoms with E-state index in [0.717, 1.165) is 11.0 Å². The van der Waals surface area contributed by atoms with Gasteiger partial charge in [-0.05, 0) is 17.3 Å². The fourth-order valence-corrected chi connectivity index (χ4v) is 1.65. The van der Waals surface area contributed by atoms with Crippen molar-refractivity contribution in [2.24, 2.45) is 0 Å². The topological polar surface area (TPSA) is 69.4 Å². The Kier molecular flexibility index (Phi) is 1.51. The second-order valence-corrected chi connectivity index (χ2v) is 3.35. The van der Waals surface area contributed by atoms with Gasteiger partial charge in [0.25, 0.3) is 5.13 Å². The van der Waals surface area contributed by atoms with Crippen LogP contribution in [0.1, 0.15) is 0 Å². The van der Waals surface area contributed by atoms with Crippen molar-refractivity contribution in [3.05, 3.63) is 24.3 Å². The van der Waals surface area contributed by atoms with Crippen molar-refractivity contribution in [2.75, 3.05) is 0 Å². The molecule has 0 aliphatic heterocycles. The highest BCUT2D eigenvalue weighted by Crippen LogP contribution is 2.14. The molecule has 0 unspecified atom stereocenters. The van der Waals surface area contributed by atoms with Gasteiger partial charge in [-0.2, -0.15) is 4.68 Å². The Morgan fingerprint density at radius 1 is 1.14 bits per heavy atom. The Balaban J connectivity index is 2.33. The zero-order valence-electron chi connectivity index (χ0n) is 6.90. The molecule has 3 rings (SSSR count). The quantitative estimate of drug-likeness (QED) is 0.582. The molecule has 2 aromatic heterocycles. The molecule has 0 amide bonds. The number of hydrogen-bond acceptors (Lipinski definition) is 6. The number of benzene rings is 1. The lowest BCUT2D eigenvalue weighted by atomic mass is 10.3. The average Bonchev–Trinajstić information content (AvgIpc) is 2.85. The van der Waals surface area contributed by atoms with Gasteiger partial charge in [-0.15, -0.1) is 5.10 Å². The molecule has 0 saturated heterocycles. The van der Waals surface area contributed by atoms with E-state index in [1.165, 1.54) is 11.5 Å². The van der Waals surface area contributed by atoms with Gasteiger partial charge in [-0.1, -0.05) is 26.9 Å². The molecule has 0 fully saturated rings. The standard InChI is InChI=1S/C7H4N6S/c1-2-4-6-5(3-1)8-11-13(6)7-9-10-12-14-7/h1-4H. The van der Waals surface area contributed by atoms with Crippen LogP contribution in [-0.2, 0) is 0 Å². The summed E-state index contributed by atoms with van der Waals surface area (Å²) >= 11 is 1.18. The van der Waals surface area contributed by atoms with Crippen LogP contribution in [0.2, 0.25) is 0 Å². The predicted octanol–water partition coefficient (Wildman–Crippen LogP) is 0.667. The smallest absolute Gasteiger partial charge is 0.182 e. The van der Waals surface area contributed by atoms with Crippen LogP contribution in [-0.4, -0.2) is 29.8 Å². The van der Waals surface area contributed by atoms with Crippen molar-refractivity contribution in [1.29, 1.82) is 0 Å². The van der Waals surface area contributed by atoms with Crippen molar-refractivity contribution in [1.82, 2.24) is 29.8 Å². The molecule has 0 saturated carbocycles. The minimum Gasteiger partial charge on any atom is -0.182 e. The fraction of sp³-hybridized carbons (Fsp3) is 0. The Hall–Kier alpha value is -1.89. The van der Waals surface area contributed by atoms with Gasteiger partial charge in [-0.3, -0.25) is 0 Å². The van der Waals surface area contributed by atoms with Crippen molar-refractivity contribution >= 4 is 22.6 Å². The number of fused-ring (bicyclic) bond motifs is 1. The van der Waals surface area contributed by atoms with Crippen LogP contribution in [0.15, 0.2) is 24.3 Å². The highest BCUT2D eigenvalue weighted by molar-refractivity contribution is 7.07. The van der Waals surface area contributed by atoms with E-state index in [2.05, 4.69) is 25.1 Å². The predicted molar refractivity (Wildman–Crippen MR) is 50.1 cm³/mol. The first-order valence-electron chi connectivity index (χ1n) is 3.91. The Morgan fingerprint density at radius 2 is 2.07 bits per heavy atom. The van der Waals surface area contributed by atoms with Crippen molar-refractivity contribution < 1.29 is 0 Å². The highest BCUT2D eigenvalue weighted by atomic mass is 32.1. The maximum atomic E-state index is 4.00. The molecule has 68 valence electrons. The lowest BCUT2D eigenvalue weighted by Gasteiger charge is -1.92. The molecule has 7 heteroatoms. The molecule has 3 aromatic rings. The van der Waals surface area contributed by atoms with Gasteiger partial charge in [-0.25, -0.2) is 0 Å². The minimum absolute atomic E-state index is 0.624. The first-order chi connectivity index (χ1) is 6.95. The van der Waals surface area contributed by atoms with E-state index in [1.807, 2.05) is 24.3 Å². The normalized spacial score (nSPS) is 10.9. The van der Waals surface area contributed by atoms with E-state index in [1.54, 1.807) is 4.68 Å². The summed E-state index contributed by atoms with van der Waals surface area (Å²) in [5.74, 6) is 0. The van der Waals surface area contributed by atoms with Gasteiger partial charge >= 0.3 is 0 Å². The van der Waals surface area contributed by atoms with Crippen LogP contribution in [0.25, 0.3) is 16.2 Å². The van der Waals surface area contributed by atoms with Gasteiger partial charge < -0.3 is 0 Å². The Bertz CT molecular complexity index is 556. The van der Waals surface area contributed by atoms with Crippen molar-refractivity contribution in [3.63, 3.8) is 0 Å². The molecule has 0 spiro atoms. The summed E-state index contributed by atoms with van der Waals surface area (Å²) in [5.41, 5.74) is 1.74. The molecule has 1 aromatic carbocycles. The molecular weight excluding hydrogens is 200 g/mol.